The Morgan fingerprint density at radius 3 is 2.71 bits per heavy atom. The van der Waals surface area contributed by atoms with Crippen LogP contribution in [0.15, 0.2) is 42.6 Å². The third-order valence-corrected chi connectivity index (χ3v) is 2.78. The lowest BCUT2D eigenvalue weighted by Gasteiger charge is -1.99. The van der Waals surface area contributed by atoms with Gasteiger partial charge in [0.05, 0.1) is 5.02 Å². The molecule has 1 heterocycles. The molecule has 0 saturated carbocycles. The van der Waals surface area contributed by atoms with Gasteiger partial charge in [0, 0.05) is 22.5 Å². The van der Waals surface area contributed by atoms with Crippen molar-refractivity contribution in [2.45, 2.75) is 0 Å². The minimum absolute atomic E-state index is 0.152. The van der Waals surface area contributed by atoms with E-state index < -0.39 is 0 Å². The van der Waals surface area contributed by atoms with Crippen molar-refractivity contribution in [2.75, 3.05) is 0 Å². The summed E-state index contributed by atoms with van der Waals surface area (Å²) in [5.41, 5.74) is 1.31. The van der Waals surface area contributed by atoms with Crippen molar-refractivity contribution in [2.24, 2.45) is 0 Å². The molecule has 0 atom stereocenters. The number of halogens is 2. The summed E-state index contributed by atoms with van der Waals surface area (Å²) >= 11 is 11.7. The zero-order valence-corrected chi connectivity index (χ0v) is 10.3. The summed E-state index contributed by atoms with van der Waals surface area (Å²) in [4.78, 5) is 14.8. The zero-order chi connectivity index (χ0) is 12.3. The molecule has 0 aliphatic rings. The number of nitrogens with one attached hydrogen (secondary N) is 1. The Hall–Kier alpha value is -1.51. The standard InChI is InChI=1S/C13H9Cl2NO/c14-9-3-5-11(12(15)8-9)13(17)6-4-10-2-1-7-16-10/h1-8,16H/b6-4+. The van der Waals surface area contributed by atoms with Crippen molar-refractivity contribution in [3.63, 3.8) is 0 Å². The van der Waals surface area contributed by atoms with Gasteiger partial charge < -0.3 is 4.98 Å². The summed E-state index contributed by atoms with van der Waals surface area (Å²) in [5.74, 6) is -0.152. The van der Waals surface area contributed by atoms with E-state index in [9.17, 15) is 4.79 Å². The number of benzene rings is 1. The number of H-pyrrole nitrogens is 1. The summed E-state index contributed by atoms with van der Waals surface area (Å²) in [6.45, 7) is 0. The Kier molecular flexibility index (Phi) is 3.67. The summed E-state index contributed by atoms with van der Waals surface area (Å²) < 4.78 is 0. The molecule has 1 aromatic heterocycles. The number of aromatic nitrogens is 1. The zero-order valence-electron chi connectivity index (χ0n) is 8.78. The molecular formula is C13H9Cl2NO. The molecule has 0 bridgehead atoms. The Balaban J connectivity index is 2.20. The highest BCUT2D eigenvalue weighted by atomic mass is 35.5. The molecule has 4 heteroatoms. The van der Waals surface area contributed by atoms with Gasteiger partial charge in [-0.15, -0.1) is 0 Å². The monoisotopic (exact) mass is 265 g/mol. The van der Waals surface area contributed by atoms with Crippen LogP contribution < -0.4 is 0 Å². The second-order valence-corrected chi connectivity index (χ2v) is 4.29. The van der Waals surface area contributed by atoms with Crippen LogP contribution in [0.2, 0.25) is 10.0 Å². The summed E-state index contributed by atoms with van der Waals surface area (Å²) in [6.07, 6.45) is 4.97. The van der Waals surface area contributed by atoms with Crippen LogP contribution >= 0.6 is 23.2 Å². The molecule has 86 valence electrons. The smallest absolute Gasteiger partial charge is 0.187 e. The van der Waals surface area contributed by atoms with Crippen molar-refractivity contribution in [1.29, 1.82) is 0 Å². The fourth-order valence-electron chi connectivity index (χ4n) is 1.39. The first-order chi connectivity index (χ1) is 8.16. The molecule has 17 heavy (non-hydrogen) atoms. The highest BCUT2D eigenvalue weighted by molar-refractivity contribution is 6.37. The van der Waals surface area contributed by atoms with Crippen LogP contribution in [0.5, 0.6) is 0 Å². The second-order valence-electron chi connectivity index (χ2n) is 3.45. The first kappa shape index (κ1) is 12.0. The number of aromatic amines is 1. The van der Waals surface area contributed by atoms with Crippen LogP contribution in [-0.4, -0.2) is 10.8 Å². The predicted molar refractivity (Wildman–Crippen MR) is 70.6 cm³/mol. The number of hydrogen-bond acceptors (Lipinski definition) is 1. The van der Waals surface area contributed by atoms with Crippen LogP contribution in [-0.2, 0) is 0 Å². The minimum atomic E-state index is -0.152. The second kappa shape index (κ2) is 5.21. The highest BCUT2D eigenvalue weighted by Gasteiger charge is 2.07. The molecule has 0 spiro atoms. The van der Waals surface area contributed by atoms with Crippen molar-refractivity contribution in [1.82, 2.24) is 4.98 Å². The summed E-state index contributed by atoms with van der Waals surface area (Å²) in [7, 11) is 0. The molecule has 1 N–H and O–H groups in total. The fourth-order valence-corrected chi connectivity index (χ4v) is 1.89. The molecule has 2 rings (SSSR count). The molecule has 1 aromatic carbocycles. The van der Waals surface area contributed by atoms with E-state index in [-0.39, 0.29) is 5.78 Å². The van der Waals surface area contributed by atoms with E-state index in [1.165, 1.54) is 6.08 Å². The van der Waals surface area contributed by atoms with Gasteiger partial charge in [0.1, 0.15) is 0 Å². The molecular weight excluding hydrogens is 257 g/mol. The van der Waals surface area contributed by atoms with Gasteiger partial charge in [0.15, 0.2) is 5.78 Å². The topological polar surface area (TPSA) is 32.9 Å². The molecule has 0 aliphatic carbocycles. The summed E-state index contributed by atoms with van der Waals surface area (Å²) in [5, 5.41) is 0.874. The molecule has 0 unspecified atom stereocenters. The Labute approximate surface area is 109 Å². The number of carbonyl (C=O) groups is 1. The Morgan fingerprint density at radius 2 is 2.06 bits per heavy atom. The predicted octanol–water partition coefficient (Wildman–Crippen LogP) is 4.22. The van der Waals surface area contributed by atoms with Crippen LogP contribution in [0.1, 0.15) is 16.1 Å². The lowest BCUT2D eigenvalue weighted by atomic mass is 10.1. The maximum atomic E-state index is 11.8. The Bertz CT molecular complexity index is 559. The van der Waals surface area contributed by atoms with Crippen LogP contribution in [0.4, 0.5) is 0 Å². The van der Waals surface area contributed by atoms with Gasteiger partial charge in [-0.3, -0.25) is 4.79 Å². The van der Waals surface area contributed by atoms with Gasteiger partial charge in [-0.1, -0.05) is 23.2 Å². The fraction of sp³-hybridized carbons (Fsp3) is 0. The van der Waals surface area contributed by atoms with Crippen LogP contribution in [0, 0.1) is 0 Å². The maximum Gasteiger partial charge on any atom is 0.187 e. The normalized spacial score (nSPS) is 10.9. The molecule has 0 fully saturated rings. The quantitative estimate of drug-likeness (QED) is 0.654. The number of ketones is 1. The Morgan fingerprint density at radius 1 is 1.24 bits per heavy atom. The van der Waals surface area contributed by atoms with Gasteiger partial charge in [-0.2, -0.15) is 0 Å². The van der Waals surface area contributed by atoms with E-state index in [0.717, 1.165) is 5.69 Å². The van der Waals surface area contributed by atoms with Crippen molar-refractivity contribution < 1.29 is 4.79 Å². The lowest BCUT2D eigenvalue weighted by molar-refractivity contribution is 0.104. The third kappa shape index (κ3) is 2.99. The average molecular weight is 266 g/mol. The first-order valence-electron chi connectivity index (χ1n) is 4.97. The molecule has 0 saturated heterocycles. The van der Waals surface area contributed by atoms with Crippen molar-refractivity contribution in [3.8, 4) is 0 Å². The van der Waals surface area contributed by atoms with Gasteiger partial charge in [-0.05, 0) is 42.5 Å². The molecule has 0 aliphatic heterocycles. The maximum absolute atomic E-state index is 11.8. The minimum Gasteiger partial charge on any atom is -0.362 e. The van der Waals surface area contributed by atoms with E-state index >= 15 is 0 Å². The third-order valence-electron chi connectivity index (χ3n) is 2.23. The van der Waals surface area contributed by atoms with E-state index in [1.807, 2.05) is 12.1 Å². The number of carbonyl (C=O) groups excluding carboxylic acids is 1. The number of hydrogen-bond donors (Lipinski definition) is 1. The largest absolute Gasteiger partial charge is 0.362 e. The van der Waals surface area contributed by atoms with Crippen LogP contribution in [0.25, 0.3) is 6.08 Å². The molecule has 2 nitrogen and oxygen atoms in total. The highest BCUT2D eigenvalue weighted by Crippen LogP contribution is 2.21. The van der Waals surface area contributed by atoms with Crippen LogP contribution in [0.3, 0.4) is 0 Å². The molecule has 0 radical (unpaired) electrons. The average Bonchev–Trinajstić information content (AvgIpc) is 2.78. The molecule has 2 aromatic rings. The van der Waals surface area contributed by atoms with Gasteiger partial charge >= 0.3 is 0 Å². The SMILES string of the molecule is O=C(/C=C/c1ccc[nH]1)c1ccc(Cl)cc1Cl. The van der Waals surface area contributed by atoms with E-state index in [0.29, 0.717) is 15.6 Å². The first-order valence-corrected chi connectivity index (χ1v) is 5.73. The van der Waals surface area contributed by atoms with E-state index in [2.05, 4.69) is 4.98 Å². The van der Waals surface area contributed by atoms with Gasteiger partial charge in [0.25, 0.3) is 0 Å². The van der Waals surface area contributed by atoms with Crippen molar-refractivity contribution >= 4 is 35.1 Å². The van der Waals surface area contributed by atoms with Gasteiger partial charge in [0.2, 0.25) is 0 Å². The summed E-state index contributed by atoms with van der Waals surface area (Å²) in [6, 6.07) is 8.54. The van der Waals surface area contributed by atoms with Crippen molar-refractivity contribution in [3.05, 3.63) is 63.9 Å². The molecule has 0 amide bonds. The van der Waals surface area contributed by atoms with E-state index in [4.69, 9.17) is 23.2 Å². The number of allylic oxidation sites excluding steroid dienone is 1. The van der Waals surface area contributed by atoms with E-state index in [1.54, 1.807) is 30.5 Å². The number of rotatable bonds is 3. The van der Waals surface area contributed by atoms with Gasteiger partial charge in [-0.25, -0.2) is 0 Å². The lowest BCUT2D eigenvalue weighted by Crippen LogP contribution is -1.95.